The predicted molar refractivity (Wildman–Crippen MR) is 74.0 cm³/mol. The summed E-state index contributed by atoms with van der Waals surface area (Å²) >= 11 is 0. The van der Waals surface area contributed by atoms with E-state index in [0.29, 0.717) is 6.10 Å². The van der Waals surface area contributed by atoms with Crippen LogP contribution in [0.3, 0.4) is 0 Å². The lowest BCUT2D eigenvalue weighted by Crippen LogP contribution is -2.46. The first kappa shape index (κ1) is 15.0. The fraction of sp³-hybridized carbons (Fsp3) is 1.00. The zero-order valence-corrected chi connectivity index (χ0v) is 12.3. The summed E-state index contributed by atoms with van der Waals surface area (Å²) in [5, 5.41) is 0. The Morgan fingerprint density at radius 2 is 1.94 bits per heavy atom. The van der Waals surface area contributed by atoms with Gasteiger partial charge < -0.3 is 10.5 Å². The molecular weight excluding hydrogens is 210 g/mol. The van der Waals surface area contributed by atoms with Crippen LogP contribution in [0.2, 0.25) is 0 Å². The van der Waals surface area contributed by atoms with Crippen molar-refractivity contribution in [2.75, 3.05) is 0 Å². The first-order valence-corrected chi connectivity index (χ1v) is 7.25. The molecule has 0 spiro atoms. The monoisotopic (exact) mass is 241 g/mol. The molecule has 17 heavy (non-hydrogen) atoms. The summed E-state index contributed by atoms with van der Waals surface area (Å²) in [5.41, 5.74) is 6.21. The molecule has 0 aromatic rings. The molecule has 1 aliphatic carbocycles. The van der Waals surface area contributed by atoms with Crippen LogP contribution in [0.1, 0.15) is 66.7 Å². The van der Waals surface area contributed by atoms with E-state index in [1.807, 2.05) is 0 Å². The maximum absolute atomic E-state index is 6.32. The van der Waals surface area contributed by atoms with E-state index < -0.39 is 0 Å². The van der Waals surface area contributed by atoms with Crippen LogP contribution in [0.15, 0.2) is 0 Å². The Labute approximate surface area is 107 Å². The number of hydrogen-bond donors (Lipinski definition) is 1. The Kier molecular flexibility index (Phi) is 5.46. The van der Waals surface area contributed by atoms with Gasteiger partial charge in [0, 0.05) is 6.04 Å². The van der Waals surface area contributed by atoms with E-state index in [0.717, 1.165) is 5.92 Å². The number of hydrogen-bond acceptors (Lipinski definition) is 2. The van der Waals surface area contributed by atoms with Crippen molar-refractivity contribution in [2.24, 2.45) is 17.1 Å². The van der Waals surface area contributed by atoms with Crippen molar-refractivity contribution < 1.29 is 4.74 Å². The first-order chi connectivity index (χ1) is 7.84. The second kappa shape index (κ2) is 6.19. The van der Waals surface area contributed by atoms with E-state index in [-0.39, 0.29) is 17.6 Å². The number of ether oxygens (including phenoxy) is 1. The van der Waals surface area contributed by atoms with Gasteiger partial charge in [-0.25, -0.2) is 0 Å². The van der Waals surface area contributed by atoms with Crippen molar-refractivity contribution in [2.45, 2.75) is 85.0 Å². The average Bonchev–Trinajstić information content (AvgIpc) is 2.24. The smallest absolute Gasteiger partial charge is 0.0775 e. The topological polar surface area (TPSA) is 35.2 Å². The molecule has 4 unspecified atom stereocenters. The van der Waals surface area contributed by atoms with Crippen LogP contribution in [0.5, 0.6) is 0 Å². The summed E-state index contributed by atoms with van der Waals surface area (Å²) in [7, 11) is 0. The molecule has 2 N–H and O–H groups in total. The third kappa shape index (κ3) is 4.59. The highest BCUT2D eigenvalue weighted by molar-refractivity contribution is 4.84. The Bertz CT molecular complexity index is 219. The summed E-state index contributed by atoms with van der Waals surface area (Å²) in [6.45, 7) is 11.0. The van der Waals surface area contributed by atoms with Gasteiger partial charge in [0.1, 0.15) is 0 Å². The van der Waals surface area contributed by atoms with E-state index in [1.165, 1.54) is 32.1 Å². The fourth-order valence-corrected chi connectivity index (χ4v) is 3.06. The van der Waals surface area contributed by atoms with Gasteiger partial charge in [-0.3, -0.25) is 0 Å². The van der Waals surface area contributed by atoms with Gasteiger partial charge in [0.05, 0.1) is 12.2 Å². The first-order valence-electron chi connectivity index (χ1n) is 7.25. The minimum Gasteiger partial charge on any atom is -0.373 e. The predicted octanol–water partition coefficient (Wildman–Crippen LogP) is 3.73. The second-order valence-corrected chi connectivity index (χ2v) is 6.84. The molecule has 0 saturated heterocycles. The van der Waals surface area contributed by atoms with Crippen LogP contribution in [0, 0.1) is 11.3 Å². The summed E-state index contributed by atoms with van der Waals surface area (Å²) < 4.78 is 6.32. The minimum atomic E-state index is 0.108. The van der Waals surface area contributed by atoms with Gasteiger partial charge in [-0.15, -0.1) is 0 Å². The standard InChI is InChI=1S/C15H31NO/c1-6-12-8-7-9-13(10-12)17-14(11(2)16)15(3,4)5/h11-14H,6-10,16H2,1-5H3. The lowest BCUT2D eigenvalue weighted by Gasteiger charge is -2.39. The Morgan fingerprint density at radius 3 is 2.41 bits per heavy atom. The van der Waals surface area contributed by atoms with Gasteiger partial charge in [-0.1, -0.05) is 47.0 Å². The molecule has 1 fully saturated rings. The maximum Gasteiger partial charge on any atom is 0.0775 e. The molecule has 2 nitrogen and oxygen atoms in total. The van der Waals surface area contributed by atoms with Crippen LogP contribution in [-0.4, -0.2) is 18.2 Å². The van der Waals surface area contributed by atoms with E-state index in [2.05, 4.69) is 34.6 Å². The molecule has 4 atom stereocenters. The summed E-state index contributed by atoms with van der Waals surface area (Å²) in [5.74, 6) is 0.863. The molecule has 102 valence electrons. The maximum atomic E-state index is 6.32. The normalized spacial score (nSPS) is 30.0. The van der Waals surface area contributed by atoms with Crippen molar-refractivity contribution in [3.05, 3.63) is 0 Å². The highest BCUT2D eigenvalue weighted by Crippen LogP contribution is 2.33. The second-order valence-electron chi connectivity index (χ2n) is 6.84. The van der Waals surface area contributed by atoms with Gasteiger partial charge >= 0.3 is 0 Å². The summed E-state index contributed by atoms with van der Waals surface area (Å²) in [6.07, 6.45) is 7.05. The van der Waals surface area contributed by atoms with E-state index in [9.17, 15) is 0 Å². The SMILES string of the molecule is CCC1CCCC(OC(C(C)N)C(C)(C)C)C1. The molecule has 0 bridgehead atoms. The largest absolute Gasteiger partial charge is 0.373 e. The van der Waals surface area contributed by atoms with Gasteiger partial charge in [0.15, 0.2) is 0 Å². The van der Waals surface area contributed by atoms with Gasteiger partial charge in [-0.05, 0) is 31.1 Å². The molecule has 0 heterocycles. The number of nitrogens with two attached hydrogens (primary N) is 1. The van der Waals surface area contributed by atoms with Crippen LogP contribution >= 0.6 is 0 Å². The quantitative estimate of drug-likeness (QED) is 0.814. The molecule has 0 aromatic heterocycles. The molecule has 0 radical (unpaired) electrons. The third-order valence-corrected chi connectivity index (χ3v) is 3.98. The molecule has 1 aliphatic rings. The fourth-order valence-electron chi connectivity index (χ4n) is 3.06. The average molecular weight is 241 g/mol. The highest BCUT2D eigenvalue weighted by Gasteiger charge is 2.32. The molecule has 1 saturated carbocycles. The van der Waals surface area contributed by atoms with Gasteiger partial charge in [0.25, 0.3) is 0 Å². The zero-order chi connectivity index (χ0) is 13.1. The van der Waals surface area contributed by atoms with Crippen molar-refractivity contribution in [1.29, 1.82) is 0 Å². The van der Waals surface area contributed by atoms with E-state index in [4.69, 9.17) is 10.5 Å². The zero-order valence-electron chi connectivity index (χ0n) is 12.3. The number of rotatable bonds is 4. The van der Waals surface area contributed by atoms with Crippen molar-refractivity contribution in [3.8, 4) is 0 Å². The van der Waals surface area contributed by atoms with E-state index >= 15 is 0 Å². The molecule has 2 heteroatoms. The highest BCUT2D eigenvalue weighted by atomic mass is 16.5. The molecule has 1 rings (SSSR count). The molecule has 0 amide bonds. The summed E-state index contributed by atoms with van der Waals surface area (Å²) in [6, 6.07) is 0.108. The molecule has 0 aliphatic heterocycles. The minimum absolute atomic E-state index is 0.108. The van der Waals surface area contributed by atoms with Crippen LogP contribution < -0.4 is 5.73 Å². The Morgan fingerprint density at radius 1 is 1.29 bits per heavy atom. The van der Waals surface area contributed by atoms with Gasteiger partial charge in [-0.2, -0.15) is 0 Å². The molecule has 0 aromatic carbocycles. The van der Waals surface area contributed by atoms with Crippen molar-refractivity contribution in [1.82, 2.24) is 0 Å². The molecular formula is C15H31NO. The van der Waals surface area contributed by atoms with Crippen molar-refractivity contribution >= 4 is 0 Å². The van der Waals surface area contributed by atoms with Crippen molar-refractivity contribution in [3.63, 3.8) is 0 Å². The Balaban J connectivity index is 2.55. The Hall–Kier alpha value is -0.0800. The lowest BCUT2D eigenvalue weighted by atomic mass is 9.83. The lowest BCUT2D eigenvalue weighted by molar-refractivity contribution is -0.0941. The van der Waals surface area contributed by atoms with Crippen LogP contribution in [0.25, 0.3) is 0 Å². The third-order valence-electron chi connectivity index (χ3n) is 3.98. The van der Waals surface area contributed by atoms with Crippen LogP contribution in [0.4, 0.5) is 0 Å². The van der Waals surface area contributed by atoms with Crippen LogP contribution in [-0.2, 0) is 4.74 Å². The van der Waals surface area contributed by atoms with E-state index in [1.54, 1.807) is 0 Å². The van der Waals surface area contributed by atoms with Gasteiger partial charge in [0.2, 0.25) is 0 Å². The summed E-state index contributed by atoms with van der Waals surface area (Å²) in [4.78, 5) is 0.